The lowest BCUT2D eigenvalue weighted by Gasteiger charge is -2.15. The molecule has 0 amide bonds. The Labute approximate surface area is 128 Å². The Morgan fingerprint density at radius 2 is 2.00 bits per heavy atom. The van der Waals surface area contributed by atoms with Crippen molar-refractivity contribution < 1.29 is 13.5 Å². The maximum atomic E-state index is 12.7. The Hall–Kier alpha value is -2.17. The molecule has 0 saturated carbocycles. The summed E-state index contributed by atoms with van der Waals surface area (Å²) in [6, 6.07) is 5.31. The number of allylic oxidation sites excluding steroid dienone is 2. The van der Waals surface area contributed by atoms with Gasteiger partial charge in [-0.1, -0.05) is 6.07 Å². The molecule has 2 aliphatic rings. The highest BCUT2D eigenvalue weighted by Crippen LogP contribution is 2.36. The van der Waals surface area contributed by atoms with Crippen molar-refractivity contribution in [1.29, 1.82) is 0 Å². The molecule has 3 rings (SSSR count). The molecule has 0 unspecified atom stereocenters. The molecule has 2 N–H and O–H groups in total. The van der Waals surface area contributed by atoms with Gasteiger partial charge in [-0.25, -0.2) is 0 Å². The van der Waals surface area contributed by atoms with E-state index in [2.05, 4.69) is 4.99 Å². The molecule has 0 atom stereocenters. The monoisotopic (exact) mass is 304 g/mol. The molecule has 1 heterocycles. The van der Waals surface area contributed by atoms with Gasteiger partial charge in [0.2, 0.25) is 0 Å². The van der Waals surface area contributed by atoms with Crippen molar-refractivity contribution in [2.24, 2.45) is 10.7 Å². The molecule has 0 bridgehead atoms. The molecule has 1 aromatic rings. The highest BCUT2D eigenvalue weighted by Gasteiger charge is 2.25. The summed E-state index contributed by atoms with van der Waals surface area (Å²) in [6.45, 7) is -0.556. The van der Waals surface area contributed by atoms with Crippen molar-refractivity contribution in [3.63, 3.8) is 0 Å². The number of halogens is 2. The molecule has 0 aromatic heterocycles. The number of nitrogens with two attached hydrogens (primary N) is 1. The molecule has 1 aliphatic heterocycles. The lowest BCUT2D eigenvalue weighted by molar-refractivity contribution is -0.0499. The number of alkyl halides is 2. The Morgan fingerprint density at radius 1 is 1.23 bits per heavy atom. The molecule has 5 heteroatoms. The van der Waals surface area contributed by atoms with Gasteiger partial charge in [-0.3, -0.25) is 4.99 Å². The number of nitrogens with zero attached hydrogens (tertiary/aromatic N) is 1. The molecule has 0 fully saturated rings. The summed E-state index contributed by atoms with van der Waals surface area (Å²) in [5, 5.41) is 0. The SMILES string of the molecule is Cc1ccc(C2=NCC=C(N)C3=C2CCC3)c(OC(F)F)c1. The van der Waals surface area contributed by atoms with Crippen LogP contribution in [0.15, 0.2) is 46.1 Å². The minimum Gasteiger partial charge on any atom is -0.434 e. The quantitative estimate of drug-likeness (QED) is 0.925. The van der Waals surface area contributed by atoms with Gasteiger partial charge in [-0.15, -0.1) is 0 Å². The molecule has 3 nitrogen and oxygen atoms in total. The van der Waals surface area contributed by atoms with Crippen LogP contribution in [0.3, 0.4) is 0 Å². The molecular weight excluding hydrogens is 286 g/mol. The third-order valence-electron chi connectivity index (χ3n) is 4.02. The second-order valence-corrected chi connectivity index (χ2v) is 5.54. The molecule has 0 saturated heterocycles. The van der Waals surface area contributed by atoms with Crippen LogP contribution in [-0.4, -0.2) is 18.9 Å². The fourth-order valence-corrected chi connectivity index (χ4v) is 3.04. The summed E-state index contributed by atoms with van der Waals surface area (Å²) in [5.41, 5.74) is 11.2. The maximum Gasteiger partial charge on any atom is 0.387 e. The summed E-state index contributed by atoms with van der Waals surface area (Å²) in [5.74, 6) is 0.174. The zero-order chi connectivity index (χ0) is 15.7. The van der Waals surface area contributed by atoms with Crippen molar-refractivity contribution >= 4 is 5.71 Å². The molecule has 0 spiro atoms. The highest BCUT2D eigenvalue weighted by atomic mass is 19.3. The zero-order valence-corrected chi connectivity index (χ0v) is 12.4. The van der Waals surface area contributed by atoms with Crippen LogP contribution in [-0.2, 0) is 0 Å². The standard InChI is InChI=1S/C17H18F2N2O/c1-10-5-6-13(15(9-10)22-17(18)19)16-12-4-2-3-11(12)14(20)7-8-21-16/h5-7,9,17H,2-4,8,20H2,1H3. The van der Waals surface area contributed by atoms with E-state index in [-0.39, 0.29) is 5.75 Å². The van der Waals surface area contributed by atoms with E-state index in [9.17, 15) is 8.78 Å². The van der Waals surface area contributed by atoms with Crippen LogP contribution in [0.1, 0.15) is 30.4 Å². The van der Waals surface area contributed by atoms with Crippen molar-refractivity contribution in [2.45, 2.75) is 32.8 Å². The van der Waals surface area contributed by atoms with Gasteiger partial charge in [0.1, 0.15) is 5.75 Å². The number of aliphatic imine (C=N–C) groups is 1. The summed E-state index contributed by atoms with van der Waals surface area (Å²) >= 11 is 0. The lowest BCUT2D eigenvalue weighted by Crippen LogP contribution is -2.12. The van der Waals surface area contributed by atoms with E-state index in [1.165, 1.54) is 0 Å². The summed E-state index contributed by atoms with van der Waals surface area (Å²) in [6.07, 6.45) is 4.67. The topological polar surface area (TPSA) is 47.6 Å². The van der Waals surface area contributed by atoms with E-state index < -0.39 is 6.61 Å². The zero-order valence-electron chi connectivity index (χ0n) is 12.4. The van der Waals surface area contributed by atoms with Gasteiger partial charge < -0.3 is 10.5 Å². The van der Waals surface area contributed by atoms with Crippen LogP contribution in [0.5, 0.6) is 5.75 Å². The van der Waals surface area contributed by atoms with Gasteiger partial charge in [-0.2, -0.15) is 8.78 Å². The molecule has 1 aromatic carbocycles. The Morgan fingerprint density at radius 3 is 2.77 bits per heavy atom. The Kier molecular flexibility index (Phi) is 3.96. The second kappa shape index (κ2) is 5.91. The molecule has 1 aliphatic carbocycles. The van der Waals surface area contributed by atoms with E-state index >= 15 is 0 Å². The van der Waals surface area contributed by atoms with E-state index in [0.29, 0.717) is 12.1 Å². The first-order chi connectivity index (χ1) is 10.6. The van der Waals surface area contributed by atoms with Crippen LogP contribution < -0.4 is 10.5 Å². The predicted molar refractivity (Wildman–Crippen MR) is 82.4 cm³/mol. The average molecular weight is 304 g/mol. The third-order valence-corrected chi connectivity index (χ3v) is 4.02. The minimum absolute atomic E-state index is 0.174. The lowest BCUT2D eigenvalue weighted by atomic mass is 9.97. The molecule has 0 radical (unpaired) electrons. The van der Waals surface area contributed by atoms with Gasteiger partial charge >= 0.3 is 6.61 Å². The van der Waals surface area contributed by atoms with E-state index in [4.69, 9.17) is 10.5 Å². The van der Waals surface area contributed by atoms with E-state index in [0.717, 1.165) is 47.4 Å². The van der Waals surface area contributed by atoms with Gasteiger partial charge in [0, 0.05) is 11.3 Å². The van der Waals surface area contributed by atoms with Gasteiger partial charge in [0.05, 0.1) is 12.3 Å². The molecular formula is C17H18F2N2O. The van der Waals surface area contributed by atoms with Crippen molar-refractivity contribution in [1.82, 2.24) is 0 Å². The highest BCUT2D eigenvalue weighted by molar-refractivity contribution is 6.15. The first-order valence-electron chi connectivity index (χ1n) is 7.35. The normalized spacial score (nSPS) is 18.0. The van der Waals surface area contributed by atoms with E-state index in [1.54, 1.807) is 12.1 Å². The summed E-state index contributed by atoms with van der Waals surface area (Å²) < 4.78 is 30.1. The fourth-order valence-electron chi connectivity index (χ4n) is 3.04. The van der Waals surface area contributed by atoms with Crippen LogP contribution in [0.25, 0.3) is 0 Å². The number of benzene rings is 1. The Bertz CT molecular complexity index is 690. The third kappa shape index (κ3) is 2.75. The second-order valence-electron chi connectivity index (χ2n) is 5.54. The number of hydrogen-bond donors (Lipinski definition) is 1. The largest absolute Gasteiger partial charge is 0.434 e. The van der Waals surface area contributed by atoms with Gasteiger partial charge in [0.25, 0.3) is 0 Å². The number of hydrogen-bond acceptors (Lipinski definition) is 3. The minimum atomic E-state index is -2.85. The smallest absolute Gasteiger partial charge is 0.387 e. The first kappa shape index (κ1) is 14.8. The van der Waals surface area contributed by atoms with Crippen LogP contribution in [0, 0.1) is 6.92 Å². The fraction of sp³-hybridized carbons (Fsp3) is 0.353. The molecule has 22 heavy (non-hydrogen) atoms. The summed E-state index contributed by atoms with van der Waals surface area (Å²) in [4.78, 5) is 4.56. The van der Waals surface area contributed by atoms with Crippen molar-refractivity contribution in [3.8, 4) is 5.75 Å². The molecule has 116 valence electrons. The van der Waals surface area contributed by atoms with Crippen molar-refractivity contribution in [3.05, 3.63) is 52.2 Å². The van der Waals surface area contributed by atoms with Crippen molar-refractivity contribution in [2.75, 3.05) is 6.54 Å². The van der Waals surface area contributed by atoms with E-state index in [1.807, 2.05) is 19.1 Å². The first-order valence-corrected chi connectivity index (χ1v) is 7.35. The maximum absolute atomic E-state index is 12.7. The number of rotatable bonds is 3. The number of ether oxygens (including phenoxy) is 1. The summed E-state index contributed by atoms with van der Waals surface area (Å²) in [7, 11) is 0. The number of aryl methyl sites for hydroxylation is 1. The predicted octanol–water partition coefficient (Wildman–Crippen LogP) is 3.72. The van der Waals surface area contributed by atoms with Crippen LogP contribution >= 0.6 is 0 Å². The van der Waals surface area contributed by atoms with Gasteiger partial charge in [0.15, 0.2) is 0 Å². The Balaban J connectivity index is 2.09. The van der Waals surface area contributed by atoms with Crippen LogP contribution in [0.2, 0.25) is 0 Å². The van der Waals surface area contributed by atoms with Gasteiger partial charge in [-0.05, 0) is 61.1 Å². The average Bonchev–Trinajstić information content (AvgIpc) is 2.88. The van der Waals surface area contributed by atoms with Crippen LogP contribution in [0.4, 0.5) is 8.78 Å².